The van der Waals surface area contributed by atoms with Crippen LogP contribution in [0.3, 0.4) is 0 Å². The third kappa shape index (κ3) is 8.86. The van der Waals surface area contributed by atoms with E-state index in [4.69, 9.17) is 4.74 Å². The Hall–Kier alpha value is -0.910. The van der Waals surface area contributed by atoms with E-state index in [9.17, 15) is 5.11 Å². The maximum absolute atomic E-state index is 9.81. The molecular formula is C16H31N3O2. The molecule has 0 bridgehead atoms. The Labute approximate surface area is 128 Å². The minimum Gasteiger partial charge on any atom is -0.389 e. The van der Waals surface area contributed by atoms with Crippen molar-refractivity contribution in [3.63, 3.8) is 0 Å². The van der Waals surface area contributed by atoms with Crippen LogP contribution in [0, 0.1) is 0 Å². The fourth-order valence-corrected chi connectivity index (χ4v) is 2.18. The Bertz CT molecular complexity index is 355. The highest BCUT2D eigenvalue weighted by Gasteiger charge is 2.05. The summed E-state index contributed by atoms with van der Waals surface area (Å²) in [5, 5.41) is 13.0. The lowest BCUT2D eigenvalue weighted by Crippen LogP contribution is -2.30. The molecule has 0 aliphatic carbocycles. The van der Waals surface area contributed by atoms with E-state index >= 15 is 0 Å². The van der Waals surface area contributed by atoms with E-state index in [0.717, 1.165) is 18.9 Å². The second-order valence-electron chi connectivity index (χ2n) is 5.58. The van der Waals surface area contributed by atoms with Gasteiger partial charge in [-0.05, 0) is 6.42 Å². The van der Waals surface area contributed by atoms with Gasteiger partial charge in [-0.3, -0.25) is 0 Å². The third-order valence-corrected chi connectivity index (χ3v) is 3.54. The quantitative estimate of drug-likeness (QED) is 0.548. The number of nitrogens with zero attached hydrogens (tertiary/aromatic N) is 2. The predicted octanol–water partition coefficient (Wildman–Crippen LogP) is 2.25. The normalized spacial score (nSPS) is 12.7. The number of ether oxygens (including phenoxy) is 1. The second kappa shape index (κ2) is 11.7. The van der Waals surface area contributed by atoms with Gasteiger partial charge in [-0.15, -0.1) is 0 Å². The molecular weight excluding hydrogens is 266 g/mol. The SMILES string of the molecule is CCCCCCCCOCC(O)CNCc1nccn1C. The van der Waals surface area contributed by atoms with Gasteiger partial charge in [-0.2, -0.15) is 0 Å². The first-order valence-corrected chi connectivity index (χ1v) is 8.16. The zero-order chi connectivity index (χ0) is 15.3. The lowest BCUT2D eigenvalue weighted by molar-refractivity contribution is 0.0352. The molecule has 0 radical (unpaired) electrons. The first-order chi connectivity index (χ1) is 10.2. The molecule has 1 aromatic rings. The molecule has 0 aliphatic rings. The van der Waals surface area contributed by atoms with Crippen LogP contribution in [0.5, 0.6) is 0 Å². The van der Waals surface area contributed by atoms with Gasteiger partial charge in [0.25, 0.3) is 0 Å². The van der Waals surface area contributed by atoms with E-state index in [1.54, 1.807) is 6.20 Å². The highest BCUT2D eigenvalue weighted by Crippen LogP contribution is 2.04. The number of aromatic nitrogens is 2. The number of hydrogen-bond donors (Lipinski definition) is 2. The van der Waals surface area contributed by atoms with Gasteiger partial charge in [0.1, 0.15) is 5.82 Å². The smallest absolute Gasteiger partial charge is 0.122 e. The number of rotatable bonds is 13. The van der Waals surface area contributed by atoms with Gasteiger partial charge >= 0.3 is 0 Å². The maximum Gasteiger partial charge on any atom is 0.122 e. The van der Waals surface area contributed by atoms with E-state index in [1.807, 2.05) is 17.8 Å². The fraction of sp³-hybridized carbons (Fsp3) is 0.812. The largest absolute Gasteiger partial charge is 0.389 e. The summed E-state index contributed by atoms with van der Waals surface area (Å²) in [6, 6.07) is 0. The summed E-state index contributed by atoms with van der Waals surface area (Å²) < 4.78 is 7.47. The maximum atomic E-state index is 9.81. The molecule has 122 valence electrons. The highest BCUT2D eigenvalue weighted by molar-refractivity contribution is 4.90. The molecule has 0 spiro atoms. The number of unbranched alkanes of at least 4 members (excludes halogenated alkanes) is 5. The summed E-state index contributed by atoms with van der Waals surface area (Å²) in [5.41, 5.74) is 0. The topological polar surface area (TPSA) is 59.3 Å². The van der Waals surface area contributed by atoms with Crippen LogP contribution in [0.4, 0.5) is 0 Å². The molecule has 1 heterocycles. The molecule has 21 heavy (non-hydrogen) atoms. The summed E-state index contributed by atoms with van der Waals surface area (Å²) in [5.74, 6) is 0.968. The van der Waals surface area contributed by atoms with Gasteiger partial charge in [0.2, 0.25) is 0 Å². The van der Waals surface area contributed by atoms with Gasteiger partial charge in [0.15, 0.2) is 0 Å². The van der Waals surface area contributed by atoms with Crippen molar-refractivity contribution in [3.05, 3.63) is 18.2 Å². The third-order valence-electron chi connectivity index (χ3n) is 3.54. The highest BCUT2D eigenvalue weighted by atomic mass is 16.5. The first kappa shape index (κ1) is 18.1. The number of hydrogen-bond acceptors (Lipinski definition) is 4. The Kier molecular flexibility index (Phi) is 10.1. The van der Waals surface area contributed by atoms with Crippen molar-refractivity contribution in [2.45, 2.75) is 58.1 Å². The van der Waals surface area contributed by atoms with E-state index in [2.05, 4.69) is 17.2 Å². The summed E-state index contributed by atoms with van der Waals surface area (Å²) >= 11 is 0. The van der Waals surface area contributed by atoms with Gasteiger partial charge in [0, 0.05) is 32.6 Å². The molecule has 1 atom stereocenters. The number of imidazole rings is 1. The van der Waals surface area contributed by atoms with Crippen LogP contribution in [0.15, 0.2) is 12.4 Å². The van der Waals surface area contributed by atoms with E-state index in [-0.39, 0.29) is 0 Å². The van der Waals surface area contributed by atoms with Gasteiger partial charge < -0.3 is 19.7 Å². The van der Waals surface area contributed by atoms with Crippen LogP contribution in [-0.2, 0) is 18.3 Å². The van der Waals surface area contributed by atoms with Crippen molar-refractivity contribution in [1.29, 1.82) is 0 Å². The second-order valence-corrected chi connectivity index (χ2v) is 5.58. The van der Waals surface area contributed by atoms with Crippen LogP contribution in [0.25, 0.3) is 0 Å². The molecule has 1 rings (SSSR count). The van der Waals surface area contributed by atoms with Crippen LogP contribution in [-0.4, -0.2) is 40.5 Å². The van der Waals surface area contributed by atoms with Crippen LogP contribution >= 0.6 is 0 Å². The fourth-order valence-electron chi connectivity index (χ4n) is 2.18. The van der Waals surface area contributed by atoms with Crippen molar-refractivity contribution in [2.75, 3.05) is 19.8 Å². The van der Waals surface area contributed by atoms with Crippen molar-refractivity contribution in [1.82, 2.24) is 14.9 Å². The molecule has 1 unspecified atom stereocenters. The number of aliphatic hydroxyl groups excluding tert-OH is 1. The first-order valence-electron chi connectivity index (χ1n) is 8.16. The molecule has 0 amide bonds. The van der Waals surface area contributed by atoms with Crippen molar-refractivity contribution in [3.8, 4) is 0 Å². The average molecular weight is 297 g/mol. The molecule has 2 N–H and O–H groups in total. The Morgan fingerprint density at radius 3 is 2.76 bits per heavy atom. The average Bonchev–Trinajstić information content (AvgIpc) is 2.87. The summed E-state index contributed by atoms with van der Waals surface area (Å²) in [6.07, 6.45) is 10.8. The lowest BCUT2D eigenvalue weighted by Gasteiger charge is -2.12. The minimum absolute atomic E-state index is 0.405. The molecule has 1 aromatic heterocycles. The molecule has 5 heteroatoms. The van der Waals surface area contributed by atoms with Crippen LogP contribution < -0.4 is 5.32 Å². The van der Waals surface area contributed by atoms with E-state index in [0.29, 0.717) is 19.7 Å². The predicted molar refractivity (Wildman–Crippen MR) is 85.1 cm³/mol. The summed E-state index contributed by atoms with van der Waals surface area (Å²) in [6.45, 7) is 4.58. The molecule has 0 aliphatic heterocycles. The monoisotopic (exact) mass is 297 g/mol. The van der Waals surface area contributed by atoms with Crippen molar-refractivity contribution in [2.24, 2.45) is 7.05 Å². The number of nitrogens with one attached hydrogen (secondary N) is 1. The van der Waals surface area contributed by atoms with Gasteiger partial charge in [-0.25, -0.2) is 4.98 Å². The zero-order valence-corrected chi connectivity index (χ0v) is 13.6. The Balaban J connectivity index is 1.90. The van der Waals surface area contributed by atoms with E-state index in [1.165, 1.54) is 32.1 Å². The van der Waals surface area contributed by atoms with E-state index < -0.39 is 6.10 Å². The van der Waals surface area contributed by atoms with Gasteiger partial charge in [-0.1, -0.05) is 39.0 Å². The van der Waals surface area contributed by atoms with Gasteiger partial charge in [0.05, 0.1) is 19.3 Å². The molecule has 0 aromatic carbocycles. The Morgan fingerprint density at radius 2 is 2.05 bits per heavy atom. The lowest BCUT2D eigenvalue weighted by atomic mass is 10.1. The zero-order valence-electron chi connectivity index (χ0n) is 13.6. The standard InChI is InChI=1S/C16H31N3O2/c1-3-4-5-6-7-8-11-21-14-15(20)12-17-13-16-18-9-10-19(16)2/h9-10,15,17,20H,3-8,11-14H2,1-2H3. The minimum atomic E-state index is -0.453. The molecule has 0 saturated carbocycles. The Morgan fingerprint density at radius 1 is 1.29 bits per heavy atom. The van der Waals surface area contributed by atoms with Crippen molar-refractivity contribution < 1.29 is 9.84 Å². The molecule has 0 saturated heterocycles. The molecule has 0 fully saturated rings. The van der Waals surface area contributed by atoms with Crippen LogP contribution in [0.1, 0.15) is 51.3 Å². The summed E-state index contributed by atoms with van der Waals surface area (Å²) in [7, 11) is 1.96. The number of aliphatic hydroxyl groups is 1. The van der Waals surface area contributed by atoms with Crippen molar-refractivity contribution >= 4 is 0 Å². The van der Waals surface area contributed by atoms with Crippen LogP contribution in [0.2, 0.25) is 0 Å². The number of aryl methyl sites for hydroxylation is 1. The molecule has 5 nitrogen and oxygen atoms in total. The summed E-state index contributed by atoms with van der Waals surface area (Å²) in [4.78, 5) is 4.22.